The van der Waals surface area contributed by atoms with Crippen molar-refractivity contribution < 1.29 is 28.6 Å². The molecule has 6 nitrogen and oxygen atoms in total. The molecule has 6 heteroatoms. The third-order valence-corrected chi connectivity index (χ3v) is 12.4. The minimum Gasteiger partial charge on any atom is -0.462 e. The van der Waals surface area contributed by atoms with Crippen molar-refractivity contribution in [1.29, 1.82) is 0 Å². The second-order valence-electron chi connectivity index (χ2n) is 18.8. The molecule has 0 aromatic rings. The van der Waals surface area contributed by atoms with Crippen molar-refractivity contribution in [3.8, 4) is 0 Å². The van der Waals surface area contributed by atoms with Crippen LogP contribution in [0.25, 0.3) is 0 Å². The van der Waals surface area contributed by atoms with Crippen LogP contribution in [0.1, 0.15) is 303 Å². The van der Waals surface area contributed by atoms with E-state index < -0.39 is 6.10 Å². The Kier molecular flexibility index (Phi) is 50.8. The molecule has 0 fully saturated rings. The van der Waals surface area contributed by atoms with E-state index in [1.54, 1.807) is 0 Å². The van der Waals surface area contributed by atoms with Gasteiger partial charge in [-0.25, -0.2) is 0 Å². The summed E-state index contributed by atoms with van der Waals surface area (Å²) in [6.45, 7) is 6.61. The van der Waals surface area contributed by atoms with Crippen molar-refractivity contribution in [3.05, 3.63) is 24.3 Å². The molecule has 0 rings (SSSR count). The zero-order valence-corrected chi connectivity index (χ0v) is 42.4. The van der Waals surface area contributed by atoms with Gasteiger partial charge >= 0.3 is 17.9 Å². The summed E-state index contributed by atoms with van der Waals surface area (Å²) >= 11 is 0. The van der Waals surface area contributed by atoms with E-state index in [4.69, 9.17) is 14.2 Å². The summed E-state index contributed by atoms with van der Waals surface area (Å²) in [4.78, 5) is 38.0. The third kappa shape index (κ3) is 50.7. The number of ether oxygens (including phenoxy) is 3. The lowest BCUT2D eigenvalue weighted by molar-refractivity contribution is -0.167. The Morgan fingerprint density at radius 3 is 0.857 bits per heavy atom. The zero-order chi connectivity index (χ0) is 45.8. The molecule has 0 saturated heterocycles. The molecule has 0 aliphatic rings. The van der Waals surface area contributed by atoms with Gasteiger partial charge in [-0.05, 0) is 64.2 Å². The van der Waals surface area contributed by atoms with E-state index in [0.29, 0.717) is 19.3 Å². The summed E-state index contributed by atoms with van der Waals surface area (Å²) in [5.74, 6) is -0.877. The van der Waals surface area contributed by atoms with Gasteiger partial charge in [-0.15, -0.1) is 0 Å². The fraction of sp³-hybridized carbons (Fsp3) is 0.877. The lowest BCUT2D eigenvalue weighted by Gasteiger charge is -2.18. The van der Waals surface area contributed by atoms with Gasteiger partial charge in [0.15, 0.2) is 6.10 Å². The van der Waals surface area contributed by atoms with E-state index in [1.165, 1.54) is 193 Å². The number of unbranched alkanes of at least 4 members (excludes halogenated alkanes) is 36. The number of hydrogen-bond acceptors (Lipinski definition) is 6. The highest BCUT2D eigenvalue weighted by Crippen LogP contribution is 2.17. The van der Waals surface area contributed by atoms with Gasteiger partial charge in [0.25, 0.3) is 0 Å². The third-order valence-electron chi connectivity index (χ3n) is 12.4. The van der Waals surface area contributed by atoms with Crippen LogP contribution in [0.15, 0.2) is 24.3 Å². The molecule has 0 heterocycles. The number of carbonyl (C=O) groups is 3. The maximum Gasteiger partial charge on any atom is 0.306 e. The highest BCUT2D eigenvalue weighted by atomic mass is 16.6. The van der Waals surface area contributed by atoms with Crippen LogP contribution in [0.2, 0.25) is 0 Å². The molecule has 0 radical (unpaired) electrons. The zero-order valence-electron chi connectivity index (χ0n) is 42.4. The van der Waals surface area contributed by atoms with Crippen LogP contribution in [0, 0.1) is 0 Å². The molecular weight excluding hydrogens is 781 g/mol. The first-order chi connectivity index (χ1) is 31.0. The Morgan fingerprint density at radius 2 is 0.540 bits per heavy atom. The standard InChI is InChI=1S/C57H106O6/c1-4-7-10-13-16-19-22-24-25-26-27-28-29-30-31-33-35-38-41-44-47-50-56(59)62-53-54(52-61-55(58)49-46-43-40-37-34-21-18-15-12-9-6-3)63-57(60)51-48-45-42-39-36-32-23-20-17-14-11-8-5-2/h15,18,20,23,54H,4-14,16-17,19,21-22,24-53H2,1-3H3/b18-15+,23-20+/t54-/m1/s1. The molecule has 0 bridgehead atoms. The smallest absolute Gasteiger partial charge is 0.306 e. The van der Waals surface area contributed by atoms with E-state index >= 15 is 0 Å². The van der Waals surface area contributed by atoms with E-state index in [2.05, 4.69) is 45.1 Å². The van der Waals surface area contributed by atoms with Crippen molar-refractivity contribution in [2.24, 2.45) is 0 Å². The normalized spacial score (nSPS) is 12.1. The lowest BCUT2D eigenvalue weighted by Crippen LogP contribution is -2.30. The average molecular weight is 887 g/mol. The number of allylic oxidation sites excluding steroid dienone is 4. The van der Waals surface area contributed by atoms with Gasteiger partial charge in [-0.2, -0.15) is 0 Å². The Hall–Kier alpha value is -2.11. The molecule has 1 atom stereocenters. The number of esters is 3. The Labute approximate surface area is 392 Å². The van der Waals surface area contributed by atoms with Crippen molar-refractivity contribution in [2.75, 3.05) is 13.2 Å². The monoisotopic (exact) mass is 887 g/mol. The molecular formula is C57H106O6. The number of rotatable bonds is 51. The van der Waals surface area contributed by atoms with Gasteiger partial charge in [0.2, 0.25) is 0 Å². The fourth-order valence-corrected chi connectivity index (χ4v) is 8.18. The molecule has 0 aliphatic carbocycles. The second-order valence-corrected chi connectivity index (χ2v) is 18.8. The van der Waals surface area contributed by atoms with Crippen molar-refractivity contribution in [3.63, 3.8) is 0 Å². The molecule has 63 heavy (non-hydrogen) atoms. The van der Waals surface area contributed by atoms with Crippen molar-refractivity contribution in [2.45, 2.75) is 309 Å². The molecule has 0 aliphatic heterocycles. The second kappa shape index (κ2) is 52.5. The summed E-state index contributed by atoms with van der Waals surface area (Å²) in [7, 11) is 0. The quantitative estimate of drug-likeness (QED) is 0.0262. The van der Waals surface area contributed by atoms with E-state index in [0.717, 1.165) is 70.6 Å². The van der Waals surface area contributed by atoms with E-state index in [-0.39, 0.29) is 31.1 Å². The Morgan fingerprint density at radius 1 is 0.302 bits per heavy atom. The summed E-state index contributed by atoms with van der Waals surface area (Å²) in [6.07, 6.45) is 60.3. The molecule has 0 aromatic heterocycles. The van der Waals surface area contributed by atoms with Crippen LogP contribution in [0.3, 0.4) is 0 Å². The van der Waals surface area contributed by atoms with Crippen molar-refractivity contribution >= 4 is 17.9 Å². The van der Waals surface area contributed by atoms with Crippen LogP contribution in [-0.4, -0.2) is 37.2 Å². The first-order valence-corrected chi connectivity index (χ1v) is 27.8. The largest absolute Gasteiger partial charge is 0.462 e. The predicted molar refractivity (Wildman–Crippen MR) is 270 cm³/mol. The van der Waals surface area contributed by atoms with Gasteiger partial charge < -0.3 is 14.2 Å². The van der Waals surface area contributed by atoms with Gasteiger partial charge in [0, 0.05) is 19.3 Å². The van der Waals surface area contributed by atoms with Crippen LogP contribution in [0.5, 0.6) is 0 Å². The highest BCUT2D eigenvalue weighted by Gasteiger charge is 2.19. The van der Waals surface area contributed by atoms with Gasteiger partial charge in [-0.3, -0.25) is 14.4 Å². The van der Waals surface area contributed by atoms with Crippen LogP contribution in [-0.2, 0) is 28.6 Å². The van der Waals surface area contributed by atoms with Crippen LogP contribution >= 0.6 is 0 Å². The predicted octanol–water partition coefficient (Wildman–Crippen LogP) is 18.3. The van der Waals surface area contributed by atoms with Gasteiger partial charge in [0.05, 0.1) is 0 Å². The Bertz CT molecular complexity index is 1020. The number of hydrogen-bond donors (Lipinski definition) is 0. The first kappa shape index (κ1) is 60.9. The highest BCUT2D eigenvalue weighted by molar-refractivity contribution is 5.71. The summed E-state index contributed by atoms with van der Waals surface area (Å²) in [5, 5.41) is 0. The molecule has 0 aromatic carbocycles. The minimum atomic E-state index is -0.774. The van der Waals surface area contributed by atoms with Gasteiger partial charge in [0.1, 0.15) is 13.2 Å². The molecule has 370 valence electrons. The first-order valence-electron chi connectivity index (χ1n) is 27.8. The summed E-state index contributed by atoms with van der Waals surface area (Å²) in [6, 6.07) is 0. The minimum absolute atomic E-state index is 0.0733. The van der Waals surface area contributed by atoms with E-state index in [1.807, 2.05) is 0 Å². The maximum absolute atomic E-state index is 12.8. The van der Waals surface area contributed by atoms with Crippen LogP contribution in [0.4, 0.5) is 0 Å². The molecule has 0 spiro atoms. The maximum atomic E-state index is 12.8. The SMILES string of the molecule is CCCC/C=C/CCCCCCCC(=O)OC[C@H](COC(=O)CCCCCCCCCCCCCCCCCCCCCCC)OC(=O)CCCCCCC/C=C/CCCCCC. The van der Waals surface area contributed by atoms with Crippen molar-refractivity contribution in [1.82, 2.24) is 0 Å². The van der Waals surface area contributed by atoms with Crippen LogP contribution < -0.4 is 0 Å². The Balaban J connectivity index is 4.24. The summed E-state index contributed by atoms with van der Waals surface area (Å²) in [5.41, 5.74) is 0. The molecule has 0 unspecified atom stereocenters. The van der Waals surface area contributed by atoms with E-state index in [9.17, 15) is 14.4 Å². The molecule has 0 saturated carbocycles. The average Bonchev–Trinajstić information content (AvgIpc) is 3.28. The number of carbonyl (C=O) groups excluding carboxylic acids is 3. The topological polar surface area (TPSA) is 78.9 Å². The van der Waals surface area contributed by atoms with Gasteiger partial charge in [-0.1, -0.05) is 244 Å². The summed E-state index contributed by atoms with van der Waals surface area (Å²) < 4.78 is 16.8. The molecule has 0 amide bonds. The fourth-order valence-electron chi connectivity index (χ4n) is 8.18. The molecule has 0 N–H and O–H groups in total. The lowest BCUT2D eigenvalue weighted by atomic mass is 10.0.